The molecule has 220 valence electrons. The molecule has 2 amide bonds. The van der Waals surface area contributed by atoms with E-state index in [9.17, 15) is 18.0 Å². The van der Waals surface area contributed by atoms with Gasteiger partial charge >= 0.3 is 0 Å². The number of hydrogen-bond acceptors (Lipinski definition) is 5. The summed E-state index contributed by atoms with van der Waals surface area (Å²) in [5.74, 6) is -0.424. The normalized spacial score (nSPS) is 12.7. The molecule has 3 aromatic carbocycles. The molecule has 0 unspecified atom stereocenters. The minimum atomic E-state index is -4.17. The van der Waals surface area contributed by atoms with Crippen LogP contribution in [0.1, 0.15) is 51.7 Å². The summed E-state index contributed by atoms with van der Waals surface area (Å²) in [6.07, 6.45) is 1.10. The number of ether oxygens (including phenoxy) is 1. The lowest BCUT2D eigenvalue weighted by Gasteiger charge is -2.34. The third kappa shape index (κ3) is 8.10. The highest BCUT2D eigenvalue weighted by molar-refractivity contribution is 7.92. The first-order chi connectivity index (χ1) is 19.6. The van der Waals surface area contributed by atoms with E-state index in [0.29, 0.717) is 18.8 Å². The predicted octanol–water partition coefficient (Wildman–Crippen LogP) is 5.31. The van der Waals surface area contributed by atoms with Crippen molar-refractivity contribution in [3.05, 3.63) is 90.0 Å². The second kappa shape index (κ2) is 14.7. The van der Waals surface area contributed by atoms with E-state index in [1.165, 1.54) is 17.0 Å². The number of amides is 2. The van der Waals surface area contributed by atoms with Crippen LogP contribution in [0.3, 0.4) is 0 Å². The Labute approximate surface area is 244 Å². The van der Waals surface area contributed by atoms with Crippen LogP contribution < -0.4 is 14.4 Å². The largest absolute Gasteiger partial charge is 0.492 e. The highest BCUT2D eigenvalue weighted by atomic mass is 32.2. The van der Waals surface area contributed by atoms with Crippen molar-refractivity contribution in [2.75, 3.05) is 17.5 Å². The summed E-state index contributed by atoms with van der Waals surface area (Å²) < 4.78 is 34.9. The quantitative estimate of drug-likeness (QED) is 0.279. The van der Waals surface area contributed by atoms with Gasteiger partial charge in [-0.1, -0.05) is 74.0 Å². The molecule has 8 nitrogen and oxygen atoms in total. The number of sulfonamides is 1. The van der Waals surface area contributed by atoms with Gasteiger partial charge in [-0.25, -0.2) is 8.42 Å². The number of carbonyl (C=O) groups excluding carboxylic acids is 2. The van der Waals surface area contributed by atoms with Gasteiger partial charge in [-0.3, -0.25) is 13.9 Å². The van der Waals surface area contributed by atoms with Gasteiger partial charge in [0.15, 0.2) is 0 Å². The number of benzene rings is 3. The van der Waals surface area contributed by atoms with Crippen molar-refractivity contribution in [2.24, 2.45) is 0 Å². The maximum atomic E-state index is 14.2. The summed E-state index contributed by atoms with van der Waals surface area (Å²) in [6, 6.07) is 21.6. The molecule has 0 fully saturated rings. The van der Waals surface area contributed by atoms with Gasteiger partial charge in [0.2, 0.25) is 11.8 Å². The number of aryl methyl sites for hydroxylation is 1. The van der Waals surface area contributed by atoms with Gasteiger partial charge in [0, 0.05) is 12.6 Å². The van der Waals surface area contributed by atoms with Crippen molar-refractivity contribution in [3.63, 3.8) is 0 Å². The zero-order chi connectivity index (χ0) is 30.0. The standard InChI is InChI=1S/C32H41N3O5S/c1-6-25(5)33-32(37)28(7-2)34(22-26-16-14-15-24(4)21-26)31(36)23-35(29-19-12-13-20-30(29)40-8-3)41(38,39)27-17-10-9-11-18-27/h9-21,25,28H,6-8,22-23H2,1-5H3,(H,33,37)/t25-,28+/m0/s1. The maximum Gasteiger partial charge on any atom is 0.264 e. The van der Waals surface area contributed by atoms with E-state index in [4.69, 9.17) is 4.74 Å². The van der Waals surface area contributed by atoms with E-state index >= 15 is 0 Å². The first-order valence-electron chi connectivity index (χ1n) is 14.1. The first kappa shape index (κ1) is 31.7. The zero-order valence-electron chi connectivity index (χ0n) is 24.5. The van der Waals surface area contributed by atoms with Crippen molar-refractivity contribution in [2.45, 2.75) is 71.0 Å². The van der Waals surface area contributed by atoms with Gasteiger partial charge in [0.1, 0.15) is 18.3 Å². The molecule has 0 radical (unpaired) electrons. The third-order valence-corrected chi connectivity index (χ3v) is 8.64. The summed E-state index contributed by atoms with van der Waals surface area (Å²) in [7, 11) is -4.17. The van der Waals surface area contributed by atoms with Crippen molar-refractivity contribution in [1.82, 2.24) is 10.2 Å². The molecule has 0 heterocycles. The Bertz CT molecular complexity index is 1410. The maximum absolute atomic E-state index is 14.2. The fourth-order valence-electron chi connectivity index (χ4n) is 4.54. The summed E-state index contributed by atoms with van der Waals surface area (Å²) >= 11 is 0. The Hall–Kier alpha value is -3.85. The Morgan fingerprint density at radius 2 is 1.59 bits per heavy atom. The molecule has 0 spiro atoms. The Morgan fingerprint density at radius 3 is 2.22 bits per heavy atom. The van der Waals surface area contributed by atoms with Crippen LogP contribution >= 0.6 is 0 Å². The molecule has 3 rings (SSSR count). The third-order valence-electron chi connectivity index (χ3n) is 6.87. The van der Waals surface area contributed by atoms with E-state index in [-0.39, 0.29) is 29.1 Å². The summed E-state index contributed by atoms with van der Waals surface area (Å²) in [5.41, 5.74) is 2.12. The topological polar surface area (TPSA) is 96.0 Å². The molecule has 41 heavy (non-hydrogen) atoms. The van der Waals surface area contributed by atoms with Crippen LogP contribution in [-0.2, 0) is 26.2 Å². The molecule has 0 saturated carbocycles. The molecule has 2 atom stereocenters. The average molecular weight is 580 g/mol. The minimum absolute atomic E-state index is 0.0471. The van der Waals surface area contributed by atoms with Crippen LogP contribution in [0.5, 0.6) is 5.75 Å². The van der Waals surface area contributed by atoms with Gasteiger partial charge in [-0.15, -0.1) is 0 Å². The highest BCUT2D eigenvalue weighted by Gasteiger charge is 2.35. The predicted molar refractivity (Wildman–Crippen MR) is 162 cm³/mol. The van der Waals surface area contributed by atoms with Crippen molar-refractivity contribution < 1.29 is 22.7 Å². The molecule has 0 aromatic heterocycles. The Morgan fingerprint density at radius 1 is 0.902 bits per heavy atom. The van der Waals surface area contributed by atoms with Crippen LogP contribution in [0.2, 0.25) is 0 Å². The molecular weight excluding hydrogens is 538 g/mol. The molecule has 3 aromatic rings. The van der Waals surface area contributed by atoms with Gasteiger partial charge in [0.05, 0.1) is 17.2 Å². The Balaban J connectivity index is 2.10. The molecule has 0 aliphatic rings. The summed E-state index contributed by atoms with van der Waals surface area (Å²) in [5, 5.41) is 3.00. The van der Waals surface area contributed by atoms with Crippen molar-refractivity contribution in [1.29, 1.82) is 0 Å². The SMILES string of the molecule is CCOc1ccccc1N(CC(=O)N(Cc1cccc(C)c1)[C@H](CC)C(=O)N[C@@H](C)CC)S(=O)(=O)c1ccccc1. The second-order valence-corrected chi connectivity index (χ2v) is 11.8. The average Bonchev–Trinajstić information content (AvgIpc) is 2.96. The van der Waals surface area contributed by atoms with Crippen LogP contribution in [0.25, 0.3) is 0 Å². The molecule has 1 N–H and O–H groups in total. The molecule has 0 saturated heterocycles. The van der Waals surface area contributed by atoms with Gasteiger partial charge < -0.3 is 15.0 Å². The number of para-hydroxylation sites is 2. The zero-order valence-corrected chi connectivity index (χ0v) is 25.4. The van der Waals surface area contributed by atoms with E-state index in [1.54, 1.807) is 42.5 Å². The molecule has 9 heteroatoms. The monoisotopic (exact) mass is 579 g/mol. The summed E-state index contributed by atoms with van der Waals surface area (Å²) in [6.45, 7) is 9.46. The minimum Gasteiger partial charge on any atom is -0.492 e. The van der Waals surface area contributed by atoms with Crippen LogP contribution in [-0.4, -0.2) is 50.4 Å². The fourth-order valence-corrected chi connectivity index (χ4v) is 5.99. The lowest BCUT2D eigenvalue weighted by atomic mass is 10.1. The van der Waals surface area contributed by atoms with Crippen molar-refractivity contribution >= 4 is 27.5 Å². The van der Waals surface area contributed by atoms with Gasteiger partial charge in [0.25, 0.3) is 10.0 Å². The van der Waals surface area contributed by atoms with Crippen LogP contribution in [0.15, 0.2) is 83.8 Å². The number of anilines is 1. The molecule has 0 bridgehead atoms. The summed E-state index contributed by atoms with van der Waals surface area (Å²) in [4.78, 5) is 29.2. The highest BCUT2D eigenvalue weighted by Crippen LogP contribution is 2.33. The number of hydrogen-bond donors (Lipinski definition) is 1. The van der Waals surface area contributed by atoms with E-state index in [2.05, 4.69) is 5.32 Å². The van der Waals surface area contributed by atoms with E-state index < -0.39 is 28.5 Å². The van der Waals surface area contributed by atoms with Crippen LogP contribution in [0, 0.1) is 6.92 Å². The molecule has 0 aliphatic carbocycles. The molecule has 0 aliphatic heterocycles. The lowest BCUT2D eigenvalue weighted by Crippen LogP contribution is -2.53. The fraction of sp³-hybridized carbons (Fsp3) is 0.375. The lowest BCUT2D eigenvalue weighted by molar-refractivity contribution is -0.140. The van der Waals surface area contributed by atoms with Gasteiger partial charge in [-0.05, 0) is 63.4 Å². The van der Waals surface area contributed by atoms with Crippen LogP contribution in [0.4, 0.5) is 5.69 Å². The number of rotatable bonds is 14. The Kier molecular flexibility index (Phi) is 11.3. The van der Waals surface area contributed by atoms with Crippen molar-refractivity contribution in [3.8, 4) is 5.75 Å². The first-order valence-corrected chi connectivity index (χ1v) is 15.5. The number of nitrogens with one attached hydrogen (secondary N) is 1. The van der Waals surface area contributed by atoms with E-state index in [0.717, 1.165) is 21.9 Å². The molecular formula is C32H41N3O5S. The number of carbonyl (C=O) groups is 2. The smallest absolute Gasteiger partial charge is 0.264 e. The second-order valence-electron chi connectivity index (χ2n) is 9.98. The number of nitrogens with zero attached hydrogens (tertiary/aromatic N) is 2. The van der Waals surface area contributed by atoms with Gasteiger partial charge in [-0.2, -0.15) is 0 Å². The van der Waals surface area contributed by atoms with E-state index in [1.807, 2.05) is 58.9 Å².